The molecule has 0 unspecified atom stereocenters. The van der Waals surface area contributed by atoms with Crippen LogP contribution in [0.1, 0.15) is 16.1 Å². The molecule has 1 aromatic carbocycles. The van der Waals surface area contributed by atoms with Crippen LogP contribution in [0.3, 0.4) is 0 Å². The van der Waals surface area contributed by atoms with Crippen LogP contribution in [0.25, 0.3) is 10.9 Å². The minimum absolute atomic E-state index is 0.557. The second kappa shape index (κ2) is 3.83. The van der Waals surface area contributed by atoms with Crippen LogP contribution in [-0.2, 0) is 7.05 Å². The van der Waals surface area contributed by atoms with E-state index in [1.807, 2.05) is 24.6 Å². The topological polar surface area (TPSA) is 31.2 Å². The minimum atomic E-state index is 0.557. The molecule has 0 radical (unpaired) electrons. The monoisotopic (exact) mass is 237 g/mol. The van der Waals surface area contributed by atoms with Crippen LogP contribution in [0.4, 0.5) is 0 Å². The second-order valence-corrected chi connectivity index (χ2v) is 4.07. The molecule has 0 saturated heterocycles. The van der Waals surface area contributed by atoms with Gasteiger partial charge in [-0.1, -0.05) is 11.6 Å². The van der Waals surface area contributed by atoms with Gasteiger partial charge in [-0.3, -0.25) is 4.79 Å². The number of hydrogen-bond acceptors (Lipinski definition) is 2. The summed E-state index contributed by atoms with van der Waals surface area (Å²) in [6, 6.07) is 3.66. The number of nitrogens with zero attached hydrogens (tertiary/aromatic N) is 1. The van der Waals surface area contributed by atoms with Gasteiger partial charge in [-0.05, 0) is 24.6 Å². The van der Waals surface area contributed by atoms with Crippen molar-refractivity contribution in [2.45, 2.75) is 6.92 Å². The highest BCUT2D eigenvalue weighted by atomic mass is 35.5. The number of fused-ring (bicyclic) bond motifs is 1. The Bertz CT molecular complexity index is 572. The van der Waals surface area contributed by atoms with Gasteiger partial charge in [0.25, 0.3) is 0 Å². The fraction of sp³-hybridized carbons (Fsp3) is 0.250. The lowest BCUT2D eigenvalue weighted by Crippen LogP contribution is -1.94. The molecule has 0 aliphatic heterocycles. The third kappa shape index (κ3) is 1.32. The number of methoxy groups -OCH3 is 1. The van der Waals surface area contributed by atoms with Crippen LogP contribution >= 0.6 is 11.6 Å². The number of benzene rings is 1. The van der Waals surface area contributed by atoms with Crippen molar-refractivity contribution in [2.24, 2.45) is 7.05 Å². The molecule has 1 heterocycles. The van der Waals surface area contributed by atoms with Gasteiger partial charge < -0.3 is 9.30 Å². The van der Waals surface area contributed by atoms with E-state index in [0.717, 1.165) is 22.8 Å². The van der Waals surface area contributed by atoms with Gasteiger partial charge in [-0.15, -0.1) is 0 Å². The first kappa shape index (κ1) is 11.0. The number of rotatable bonds is 2. The van der Waals surface area contributed by atoms with Gasteiger partial charge >= 0.3 is 0 Å². The van der Waals surface area contributed by atoms with Gasteiger partial charge in [-0.25, -0.2) is 0 Å². The highest BCUT2D eigenvalue weighted by molar-refractivity contribution is 6.33. The zero-order chi connectivity index (χ0) is 11.9. The van der Waals surface area contributed by atoms with Crippen LogP contribution in [-0.4, -0.2) is 18.0 Å². The Balaban J connectivity index is 2.99. The van der Waals surface area contributed by atoms with E-state index in [4.69, 9.17) is 16.3 Å². The average molecular weight is 238 g/mol. The summed E-state index contributed by atoms with van der Waals surface area (Å²) in [7, 11) is 3.43. The average Bonchev–Trinajstić information content (AvgIpc) is 2.51. The fourth-order valence-corrected chi connectivity index (χ4v) is 2.30. The molecular formula is C12H12ClNO2. The summed E-state index contributed by atoms with van der Waals surface area (Å²) in [6.07, 6.45) is 0.850. The zero-order valence-electron chi connectivity index (χ0n) is 9.37. The number of carbonyl (C=O) groups excluding carboxylic acids is 1. The first-order valence-electron chi connectivity index (χ1n) is 4.88. The van der Waals surface area contributed by atoms with Crippen molar-refractivity contribution in [3.05, 3.63) is 28.4 Å². The van der Waals surface area contributed by atoms with Crippen molar-refractivity contribution in [1.82, 2.24) is 4.57 Å². The van der Waals surface area contributed by atoms with Crippen LogP contribution in [0.15, 0.2) is 12.1 Å². The highest BCUT2D eigenvalue weighted by Gasteiger charge is 2.16. The maximum atomic E-state index is 11.0. The van der Waals surface area contributed by atoms with E-state index < -0.39 is 0 Å². The summed E-state index contributed by atoms with van der Waals surface area (Å²) in [5, 5.41) is 1.46. The molecular weight excluding hydrogens is 226 g/mol. The van der Waals surface area contributed by atoms with E-state index in [2.05, 4.69) is 0 Å². The van der Waals surface area contributed by atoms with E-state index in [0.29, 0.717) is 16.5 Å². The Hall–Kier alpha value is -1.48. The maximum absolute atomic E-state index is 11.0. The third-order valence-electron chi connectivity index (χ3n) is 2.89. The lowest BCUT2D eigenvalue weighted by Gasteiger charge is -2.05. The van der Waals surface area contributed by atoms with Gasteiger partial charge in [0.05, 0.1) is 23.3 Å². The smallest absolute Gasteiger partial charge is 0.166 e. The summed E-state index contributed by atoms with van der Waals surface area (Å²) in [4.78, 5) is 11.0. The molecule has 0 fully saturated rings. The quantitative estimate of drug-likeness (QED) is 0.752. The van der Waals surface area contributed by atoms with Crippen LogP contribution < -0.4 is 4.74 Å². The molecule has 2 rings (SSSR count). The third-order valence-corrected chi connectivity index (χ3v) is 3.18. The Morgan fingerprint density at radius 1 is 1.44 bits per heavy atom. The number of aldehydes is 1. The predicted octanol–water partition coefficient (Wildman–Crippen LogP) is 2.96. The summed E-state index contributed by atoms with van der Waals surface area (Å²) < 4.78 is 7.13. The minimum Gasteiger partial charge on any atom is -0.494 e. The lowest BCUT2D eigenvalue weighted by molar-refractivity contribution is 0.111. The number of carbonyl (C=O) groups is 1. The van der Waals surface area contributed by atoms with E-state index in [1.165, 1.54) is 0 Å². The molecule has 0 aliphatic rings. The molecule has 3 nitrogen and oxygen atoms in total. The Labute approximate surface area is 98.6 Å². The molecule has 1 aromatic heterocycles. The number of hydrogen-bond donors (Lipinski definition) is 0. The normalized spacial score (nSPS) is 10.8. The molecule has 0 amide bonds. The number of ether oxygens (including phenoxy) is 1. The molecule has 0 aliphatic carbocycles. The van der Waals surface area contributed by atoms with Gasteiger partial charge in [0.1, 0.15) is 5.75 Å². The number of halogens is 1. The molecule has 84 valence electrons. The first-order chi connectivity index (χ1) is 7.61. The molecule has 0 bridgehead atoms. The van der Waals surface area contributed by atoms with Crippen LogP contribution in [0.5, 0.6) is 5.75 Å². The molecule has 0 atom stereocenters. The molecule has 4 heteroatoms. The summed E-state index contributed by atoms with van der Waals surface area (Å²) >= 11 is 6.06. The van der Waals surface area contributed by atoms with Crippen molar-refractivity contribution in [3.8, 4) is 5.75 Å². The molecule has 0 N–H and O–H groups in total. The van der Waals surface area contributed by atoms with Crippen molar-refractivity contribution >= 4 is 28.8 Å². The van der Waals surface area contributed by atoms with Crippen molar-refractivity contribution in [2.75, 3.05) is 7.11 Å². The fourth-order valence-electron chi connectivity index (χ4n) is 2.07. The first-order valence-corrected chi connectivity index (χ1v) is 5.26. The predicted molar refractivity (Wildman–Crippen MR) is 64.6 cm³/mol. The summed E-state index contributed by atoms with van der Waals surface area (Å²) in [5.74, 6) is 0.625. The maximum Gasteiger partial charge on any atom is 0.166 e. The largest absolute Gasteiger partial charge is 0.494 e. The Morgan fingerprint density at radius 3 is 2.69 bits per heavy atom. The van der Waals surface area contributed by atoms with Crippen LogP contribution in [0.2, 0.25) is 5.02 Å². The van der Waals surface area contributed by atoms with Crippen molar-refractivity contribution in [3.63, 3.8) is 0 Å². The van der Waals surface area contributed by atoms with E-state index in [-0.39, 0.29) is 0 Å². The second-order valence-electron chi connectivity index (χ2n) is 3.66. The van der Waals surface area contributed by atoms with Crippen LogP contribution in [0, 0.1) is 6.92 Å². The standard InChI is InChI=1S/C12H12ClNO2/c1-7-10(6-15)14(2)9-5-4-8(13)12(16-3)11(7)9/h4-6H,1-3H3. The Morgan fingerprint density at radius 2 is 2.12 bits per heavy atom. The van der Waals surface area contributed by atoms with Gasteiger partial charge in [0.15, 0.2) is 6.29 Å². The van der Waals surface area contributed by atoms with E-state index in [1.54, 1.807) is 13.2 Å². The molecule has 16 heavy (non-hydrogen) atoms. The lowest BCUT2D eigenvalue weighted by atomic mass is 10.1. The SMILES string of the molecule is COc1c(Cl)ccc2c1c(C)c(C=O)n2C. The van der Waals surface area contributed by atoms with E-state index >= 15 is 0 Å². The molecule has 0 saturated carbocycles. The Kier molecular flexibility index (Phi) is 2.64. The number of aromatic nitrogens is 1. The summed E-state index contributed by atoms with van der Waals surface area (Å²) in [6.45, 7) is 1.89. The number of aryl methyl sites for hydroxylation is 2. The van der Waals surface area contributed by atoms with Gasteiger partial charge in [0.2, 0.25) is 0 Å². The van der Waals surface area contributed by atoms with Gasteiger partial charge in [-0.2, -0.15) is 0 Å². The van der Waals surface area contributed by atoms with Gasteiger partial charge in [0, 0.05) is 12.4 Å². The van der Waals surface area contributed by atoms with Crippen molar-refractivity contribution < 1.29 is 9.53 Å². The van der Waals surface area contributed by atoms with Crippen molar-refractivity contribution in [1.29, 1.82) is 0 Å². The zero-order valence-corrected chi connectivity index (χ0v) is 10.1. The highest BCUT2D eigenvalue weighted by Crippen LogP contribution is 2.37. The molecule has 2 aromatic rings. The summed E-state index contributed by atoms with van der Waals surface area (Å²) in [5.41, 5.74) is 2.49. The van der Waals surface area contributed by atoms with E-state index in [9.17, 15) is 4.79 Å². The molecule has 0 spiro atoms.